The summed E-state index contributed by atoms with van der Waals surface area (Å²) in [7, 11) is 0. The van der Waals surface area contributed by atoms with Gasteiger partial charge in [-0.15, -0.1) is 0 Å². The highest BCUT2D eigenvalue weighted by atomic mass is 16.6. The number of hydrogen-bond donors (Lipinski definition) is 1. The fourth-order valence-electron chi connectivity index (χ4n) is 4.71. The van der Waals surface area contributed by atoms with Crippen LogP contribution in [-0.4, -0.2) is 41.8 Å². The molecule has 29 heavy (non-hydrogen) atoms. The van der Waals surface area contributed by atoms with Gasteiger partial charge in [-0.25, -0.2) is 4.79 Å². The van der Waals surface area contributed by atoms with Crippen LogP contribution < -0.4 is 0 Å². The van der Waals surface area contributed by atoms with Gasteiger partial charge < -0.3 is 14.7 Å². The lowest BCUT2D eigenvalue weighted by molar-refractivity contribution is -0.141. The lowest BCUT2D eigenvalue weighted by Crippen LogP contribution is -2.41. The Morgan fingerprint density at radius 2 is 1.72 bits per heavy atom. The number of carboxylic acids is 1. The molecule has 1 saturated heterocycles. The molecule has 1 fully saturated rings. The number of carbonyl (C=O) groups excluding carboxylic acids is 1. The summed E-state index contributed by atoms with van der Waals surface area (Å²) in [5.74, 6) is -0.889. The summed E-state index contributed by atoms with van der Waals surface area (Å²) in [4.78, 5) is 25.6. The molecule has 2 aromatic carbocycles. The van der Waals surface area contributed by atoms with Gasteiger partial charge in [0, 0.05) is 19.0 Å². The van der Waals surface area contributed by atoms with Crippen molar-refractivity contribution in [2.24, 2.45) is 11.8 Å². The molecule has 1 heterocycles. The third kappa shape index (κ3) is 4.00. The zero-order valence-electron chi connectivity index (χ0n) is 16.7. The average Bonchev–Trinajstić information content (AvgIpc) is 3.06. The van der Waals surface area contributed by atoms with E-state index in [4.69, 9.17) is 9.84 Å². The van der Waals surface area contributed by atoms with Gasteiger partial charge >= 0.3 is 12.1 Å². The minimum atomic E-state index is -0.775. The molecule has 0 bridgehead atoms. The molecule has 0 aromatic heterocycles. The maximum atomic E-state index is 12.7. The number of aliphatic carboxylic acids is 1. The zero-order chi connectivity index (χ0) is 20.4. The molecule has 152 valence electrons. The lowest BCUT2D eigenvalue weighted by atomic mass is 9.89. The van der Waals surface area contributed by atoms with Gasteiger partial charge in [0.25, 0.3) is 0 Å². The fourth-order valence-corrected chi connectivity index (χ4v) is 4.71. The summed E-state index contributed by atoms with van der Waals surface area (Å²) in [6.07, 6.45) is 2.16. The normalized spacial score (nSPS) is 19.3. The SMILES string of the molecule is CC(CC1CCCN(C(=O)OCC2c3ccccc3-c3ccccc32)C1)C(=O)O. The van der Waals surface area contributed by atoms with Gasteiger partial charge in [-0.05, 0) is 47.4 Å². The van der Waals surface area contributed by atoms with Crippen molar-refractivity contribution in [2.45, 2.75) is 32.1 Å². The Hall–Kier alpha value is -2.82. The van der Waals surface area contributed by atoms with Crippen molar-refractivity contribution in [1.29, 1.82) is 0 Å². The van der Waals surface area contributed by atoms with E-state index in [1.54, 1.807) is 11.8 Å². The molecule has 1 aliphatic heterocycles. The van der Waals surface area contributed by atoms with Crippen LogP contribution in [0, 0.1) is 11.8 Å². The molecule has 1 amide bonds. The van der Waals surface area contributed by atoms with Gasteiger partial charge in [-0.2, -0.15) is 0 Å². The van der Waals surface area contributed by atoms with Gasteiger partial charge in [0.05, 0.1) is 5.92 Å². The van der Waals surface area contributed by atoms with Crippen LogP contribution in [-0.2, 0) is 9.53 Å². The van der Waals surface area contributed by atoms with Crippen molar-refractivity contribution in [3.8, 4) is 11.1 Å². The van der Waals surface area contributed by atoms with Crippen LogP contribution in [0.1, 0.15) is 43.2 Å². The third-order valence-electron chi connectivity index (χ3n) is 6.22. The van der Waals surface area contributed by atoms with E-state index >= 15 is 0 Å². The van der Waals surface area contributed by atoms with E-state index in [2.05, 4.69) is 24.3 Å². The first-order valence-corrected chi connectivity index (χ1v) is 10.4. The van der Waals surface area contributed by atoms with E-state index in [0.717, 1.165) is 12.8 Å². The molecule has 0 radical (unpaired) electrons. The number of piperidine rings is 1. The van der Waals surface area contributed by atoms with Crippen LogP contribution in [0.15, 0.2) is 48.5 Å². The summed E-state index contributed by atoms with van der Waals surface area (Å²) >= 11 is 0. The first-order valence-electron chi connectivity index (χ1n) is 10.4. The predicted molar refractivity (Wildman–Crippen MR) is 111 cm³/mol. The third-order valence-corrected chi connectivity index (χ3v) is 6.22. The molecule has 0 saturated carbocycles. The van der Waals surface area contributed by atoms with E-state index in [0.29, 0.717) is 26.1 Å². The Kier molecular flexibility index (Phi) is 5.56. The number of hydrogen-bond acceptors (Lipinski definition) is 3. The van der Waals surface area contributed by atoms with E-state index in [1.807, 2.05) is 24.3 Å². The molecule has 1 aliphatic carbocycles. The standard InChI is InChI=1S/C24H27NO4/c1-16(23(26)27)13-17-7-6-12-25(14-17)24(28)29-15-22-20-10-4-2-8-18(20)19-9-3-5-11-21(19)22/h2-5,8-11,16-17,22H,6-7,12-15H2,1H3,(H,26,27). The molecular formula is C24H27NO4. The van der Waals surface area contributed by atoms with Gasteiger partial charge in [-0.1, -0.05) is 55.5 Å². The van der Waals surface area contributed by atoms with Crippen molar-refractivity contribution in [1.82, 2.24) is 4.90 Å². The smallest absolute Gasteiger partial charge is 0.409 e. The Morgan fingerprint density at radius 1 is 1.10 bits per heavy atom. The van der Waals surface area contributed by atoms with Crippen LogP contribution in [0.2, 0.25) is 0 Å². The minimum Gasteiger partial charge on any atom is -0.481 e. The van der Waals surface area contributed by atoms with E-state index < -0.39 is 5.97 Å². The van der Waals surface area contributed by atoms with Gasteiger partial charge in [-0.3, -0.25) is 4.79 Å². The summed E-state index contributed by atoms with van der Waals surface area (Å²) in [6, 6.07) is 16.6. The topological polar surface area (TPSA) is 66.8 Å². The Bertz CT molecular complexity index is 864. The molecule has 4 rings (SSSR count). The van der Waals surface area contributed by atoms with E-state index in [-0.39, 0.29) is 23.8 Å². The van der Waals surface area contributed by atoms with Gasteiger partial charge in [0.15, 0.2) is 0 Å². The van der Waals surface area contributed by atoms with Crippen molar-refractivity contribution in [3.63, 3.8) is 0 Å². The van der Waals surface area contributed by atoms with Gasteiger partial charge in [0.2, 0.25) is 0 Å². The number of amides is 1. The number of ether oxygens (including phenoxy) is 1. The Morgan fingerprint density at radius 3 is 2.34 bits per heavy atom. The second-order valence-electron chi connectivity index (χ2n) is 8.23. The van der Waals surface area contributed by atoms with Crippen molar-refractivity contribution in [2.75, 3.05) is 19.7 Å². The number of carbonyl (C=O) groups is 2. The number of likely N-dealkylation sites (tertiary alicyclic amines) is 1. The molecule has 2 unspecified atom stereocenters. The van der Waals surface area contributed by atoms with E-state index in [1.165, 1.54) is 22.3 Å². The molecule has 0 spiro atoms. The molecule has 1 N–H and O–H groups in total. The molecule has 2 aromatic rings. The Labute approximate surface area is 171 Å². The van der Waals surface area contributed by atoms with Crippen molar-refractivity contribution < 1.29 is 19.4 Å². The van der Waals surface area contributed by atoms with Crippen LogP contribution in [0.4, 0.5) is 4.79 Å². The number of benzene rings is 2. The number of carboxylic acid groups (broad SMARTS) is 1. The van der Waals surface area contributed by atoms with Crippen LogP contribution in [0.3, 0.4) is 0 Å². The zero-order valence-corrected chi connectivity index (χ0v) is 16.7. The minimum absolute atomic E-state index is 0.0546. The molecule has 5 nitrogen and oxygen atoms in total. The largest absolute Gasteiger partial charge is 0.481 e. The van der Waals surface area contributed by atoms with Crippen molar-refractivity contribution >= 4 is 12.1 Å². The number of nitrogens with zero attached hydrogens (tertiary/aromatic N) is 1. The summed E-state index contributed by atoms with van der Waals surface area (Å²) in [6.45, 7) is 3.30. The van der Waals surface area contributed by atoms with E-state index in [9.17, 15) is 9.59 Å². The first kappa shape index (κ1) is 19.5. The first-order chi connectivity index (χ1) is 14.0. The maximum absolute atomic E-state index is 12.7. The van der Waals surface area contributed by atoms with Crippen molar-refractivity contribution in [3.05, 3.63) is 59.7 Å². The second-order valence-corrected chi connectivity index (χ2v) is 8.23. The van der Waals surface area contributed by atoms with Gasteiger partial charge in [0.1, 0.15) is 6.61 Å². The second kappa shape index (κ2) is 8.27. The quantitative estimate of drug-likeness (QED) is 0.795. The molecule has 5 heteroatoms. The molecule has 2 atom stereocenters. The monoisotopic (exact) mass is 393 g/mol. The summed E-state index contributed by atoms with van der Waals surface area (Å²) in [5.41, 5.74) is 4.83. The highest BCUT2D eigenvalue weighted by Gasteiger charge is 2.31. The molecular weight excluding hydrogens is 366 g/mol. The highest BCUT2D eigenvalue weighted by molar-refractivity contribution is 5.79. The lowest BCUT2D eigenvalue weighted by Gasteiger charge is -2.33. The fraction of sp³-hybridized carbons (Fsp3) is 0.417. The predicted octanol–water partition coefficient (Wildman–Crippen LogP) is 4.76. The average molecular weight is 393 g/mol. The summed E-state index contributed by atoms with van der Waals surface area (Å²) < 4.78 is 5.75. The van der Waals surface area contributed by atoms with Crippen LogP contribution >= 0.6 is 0 Å². The summed E-state index contributed by atoms with van der Waals surface area (Å²) in [5, 5.41) is 9.15. The number of rotatable bonds is 5. The highest BCUT2D eigenvalue weighted by Crippen LogP contribution is 2.44. The maximum Gasteiger partial charge on any atom is 0.409 e. The number of fused-ring (bicyclic) bond motifs is 3. The molecule has 2 aliphatic rings. The Balaban J connectivity index is 1.40. The van der Waals surface area contributed by atoms with Crippen LogP contribution in [0.25, 0.3) is 11.1 Å². The van der Waals surface area contributed by atoms with Crippen LogP contribution in [0.5, 0.6) is 0 Å².